The Bertz CT molecular complexity index is 592. The summed E-state index contributed by atoms with van der Waals surface area (Å²) >= 11 is 3.39. The number of aryl methyl sites for hydroxylation is 1. The number of nitrogens with zero attached hydrogens (tertiary/aromatic N) is 2. The zero-order valence-corrected chi connectivity index (χ0v) is 12.1. The second-order valence-electron chi connectivity index (χ2n) is 4.47. The fourth-order valence-electron chi connectivity index (χ4n) is 2.00. The van der Waals surface area contributed by atoms with Crippen molar-refractivity contribution in [2.24, 2.45) is 0 Å². The van der Waals surface area contributed by atoms with Crippen molar-refractivity contribution in [1.29, 1.82) is 0 Å². The molecule has 1 heterocycles. The number of hydrogen-bond donors (Lipinski definition) is 0. The Labute approximate surface area is 115 Å². The Morgan fingerprint density at radius 2 is 2.11 bits per heavy atom. The van der Waals surface area contributed by atoms with Gasteiger partial charge in [0.25, 0.3) is 5.56 Å². The lowest BCUT2D eigenvalue weighted by Crippen LogP contribution is -2.20. The van der Waals surface area contributed by atoms with E-state index >= 15 is 0 Å². The van der Waals surface area contributed by atoms with E-state index in [4.69, 9.17) is 0 Å². The van der Waals surface area contributed by atoms with Gasteiger partial charge in [-0.15, -0.1) is 0 Å². The van der Waals surface area contributed by atoms with Crippen molar-refractivity contribution < 1.29 is 0 Å². The standard InChI is InChI=1S/C14H17BrN2O/c1-2-3-4-5-8-17-10-16-13-9-11(15)6-7-12(13)14(17)18/h6-7,9-10H,2-5,8H2,1H3. The van der Waals surface area contributed by atoms with Gasteiger partial charge in [-0.2, -0.15) is 0 Å². The zero-order valence-electron chi connectivity index (χ0n) is 10.5. The largest absolute Gasteiger partial charge is 0.299 e. The van der Waals surface area contributed by atoms with Gasteiger partial charge in [-0.05, 0) is 24.6 Å². The van der Waals surface area contributed by atoms with Crippen LogP contribution >= 0.6 is 15.9 Å². The third-order valence-electron chi connectivity index (χ3n) is 3.04. The van der Waals surface area contributed by atoms with Crippen LogP contribution in [0.15, 0.2) is 33.8 Å². The first-order valence-electron chi connectivity index (χ1n) is 6.37. The number of hydrogen-bond acceptors (Lipinski definition) is 2. The summed E-state index contributed by atoms with van der Waals surface area (Å²) in [6.45, 7) is 2.94. The van der Waals surface area contributed by atoms with E-state index in [1.807, 2.05) is 18.2 Å². The zero-order chi connectivity index (χ0) is 13.0. The fraction of sp³-hybridized carbons (Fsp3) is 0.429. The highest BCUT2D eigenvalue weighted by Crippen LogP contribution is 2.15. The lowest BCUT2D eigenvalue weighted by atomic mass is 10.2. The second-order valence-corrected chi connectivity index (χ2v) is 5.38. The lowest BCUT2D eigenvalue weighted by molar-refractivity contribution is 0.567. The van der Waals surface area contributed by atoms with Gasteiger partial charge in [0.05, 0.1) is 17.2 Å². The van der Waals surface area contributed by atoms with E-state index in [9.17, 15) is 4.79 Å². The maximum atomic E-state index is 12.2. The topological polar surface area (TPSA) is 34.9 Å². The van der Waals surface area contributed by atoms with E-state index in [0.717, 1.165) is 23.0 Å². The van der Waals surface area contributed by atoms with E-state index in [1.54, 1.807) is 10.9 Å². The molecule has 0 unspecified atom stereocenters. The van der Waals surface area contributed by atoms with Crippen LogP contribution in [0.25, 0.3) is 10.9 Å². The van der Waals surface area contributed by atoms with Crippen LogP contribution in [0.5, 0.6) is 0 Å². The normalized spacial score (nSPS) is 11.0. The van der Waals surface area contributed by atoms with Gasteiger partial charge in [0.15, 0.2) is 0 Å². The van der Waals surface area contributed by atoms with Gasteiger partial charge >= 0.3 is 0 Å². The van der Waals surface area contributed by atoms with E-state index in [-0.39, 0.29) is 5.56 Å². The van der Waals surface area contributed by atoms with Crippen molar-refractivity contribution in [3.63, 3.8) is 0 Å². The van der Waals surface area contributed by atoms with Crippen molar-refractivity contribution in [3.05, 3.63) is 39.4 Å². The van der Waals surface area contributed by atoms with Gasteiger partial charge in [0.2, 0.25) is 0 Å². The molecular weight excluding hydrogens is 292 g/mol. The van der Waals surface area contributed by atoms with Crippen molar-refractivity contribution in [3.8, 4) is 0 Å². The molecule has 1 aromatic heterocycles. The SMILES string of the molecule is CCCCCCn1cnc2cc(Br)ccc2c1=O. The third kappa shape index (κ3) is 2.99. The lowest BCUT2D eigenvalue weighted by Gasteiger charge is -2.06. The molecule has 0 aliphatic carbocycles. The first-order chi connectivity index (χ1) is 8.72. The molecule has 0 saturated heterocycles. The van der Waals surface area contributed by atoms with Crippen LogP contribution in [0.3, 0.4) is 0 Å². The number of halogens is 1. The molecule has 0 fully saturated rings. The van der Waals surface area contributed by atoms with Gasteiger partial charge in [0, 0.05) is 11.0 Å². The summed E-state index contributed by atoms with van der Waals surface area (Å²) in [6.07, 6.45) is 6.30. The molecule has 2 rings (SSSR count). The van der Waals surface area contributed by atoms with Gasteiger partial charge in [-0.25, -0.2) is 4.98 Å². The number of unbranched alkanes of at least 4 members (excludes halogenated alkanes) is 3. The summed E-state index contributed by atoms with van der Waals surface area (Å²) in [5, 5.41) is 0.691. The molecule has 0 saturated carbocycles. The van der Waals surface area contributed by atoms with Crippen LogP contribution in [0.2, 0.25) is 0 Å². The minimum atomic E-state index is 0.0593. The third-order valence-corrected chi connectivity index (χ3v) is 3.53. The van der Waals surface area contributed by atoms with Crippen LogP contribution in [0.4, 0.5) is 0 Å². The maximum Gasteiger partial charge on any atom is 0.261 e. The molecule has 0 bridgehead atoms. The Balaban J connectivity index is 2.23. The van der Waals surface area contributed by atoms with Gasteiger partial charge < -0.3 is 0 Å². The minimum Gasteiger partial charge on any atom is -0.299 e. The Morgan fingerprint density at radius 1 is 1.28 bits per heavy atom. The fourth-order valence-corrected chi connectivity index (χ4v) is 2.35. The molecule has 4 heteroatoms. The average molecular weight is 309 g/mol. The van der Waals surface area contributed by atoms with Crippen LogP contribution in [0.1, 0.15) is 32.6 Å². The molecule has 0 aliphatic heterocycles. The summed E-state index contributed by atoms with van der Waals surface area (Å²) in [7, 11) is 0. The molecule has 0 radical (unpaired) electrons. The molecule has 18 heavy (non-hydrogen) atoms. The Morgan fingerprint density at radius 3 is 2.89 bits per heavy atom. The van der Waals surface area contributed by atoms with Crippen LogP contribution < -0.4 is 5.56 Å². The molecule has 2 aromatic rings. The quantitative estimate of drug-likeness (QED) is 0.789. The molecule has 3 nitrogen and oxygen atoms in total. The van der Waals surface area contributed by atoms with Gasteiger partial charge in [0.1, 0.15) is 0 Å². The summed E-state index contributed by atoms with van der Waals surface area (Å²) in [5.41, 5.74) is 0.809. The van der Waals surface area contributed by atoms with Crippen LogP contribution in [-0.4, -0.2) is 9.55 Å². The summed E-state index contributed by atoms with van der Waals surface area (Å²) in [6, 6.07) is 5.59. The maximum absolute atomic E-state index is 12.2. The van der Waals surface area contributed by atoms with Crippen LogP contribution in [-0.2, 0) is 6.54 Å². The molecule has 0 spiro atoms. The molecule has 0 amide bonds. The highest BCUT2D eigenvalue weighted by atomic mass is 79.9. The van der Waals surface area contributed by atoms with E-state index < -0.39 is 0 Å². The minimum absolute atomic E-state index is 0.0593. The van der Waals surface area contributed by atoms with Crippen molar-refractivity contribution in [1.82, 2.24) is 9.55 Å². The molecule has 96 valence electrons. The van der Waals surface area contributed by atoms with Crippen LogP contribution in [0, 0.1) is 0 Å². The highest BCUT2D eigenvalue weighted by Gasteiger charge is 2.04. The summed E-state index contributed by atoms with van der Waals surface area (Å²) in [4.78, 5) is 16.5. The van der Waals surface area contributed by atoms with Crippen molar-refractivity contribution in [2.75, 3.05) is 0 Å². The second kappa shape index (κ2) is 6.14. The van der Waals surface area contributed by atoms with E-state index in [1.165, 1.54) is 19.3 Å². The molecule has 0 aliphatic rings. The van der Waals surface area contributed by atoms with E-state index in [2.05, 4.69) is 27.8 Å². The first-order valence-corrected chi connectivity index (χ1v) is 7.16. The molecule has 1 aromatic carbocycles. The smallest absolute Gasteiger partial charge is 0.261 e. The van der Waals surface area contributed by atoms with E-state index in [0.29, 0.717) is 5.39 Å². The van der Waals surface area contributed by atoms with Gasteiger partial charge in [-0.1, -0.05) is 42.1 Å². The number of rotatable bonds is 5. The predicted molar refractivity (Wildman–Crippen MR) is 77.8 cm³/mol. The number of benzene rings is 1. The van der Waals surface area contributed by atoms with Gasteiger partial charge in [-0.3, -0.25) is 9.36 Å². The number of fused-ring (bicyclic) bond motifs is 1. The summed E-state index contributed by atoms with van der Waals surface area (Å²) < 4.78 is 2.66. The molecule has 0 N–H and O–H groups in total. The highest BCUT2D eigenvalue weighted by molar-refractivity contribution is 9.10. The average Bonchev–Trinajstić information content (AvgIpc) is 2.37. The molecule has 0 atom stereocenters. The summed E-state index contributed by atoms with van der Waals surface area (Å²) in [5.74, 6) is 0. The van der Waals surface area contributed by atoms with Crippen molar-refractivity contribution in [2.45, 2.75) is 39.2 Å². The molecular formula is C14H17BrN2O. The van der Waals surface area contributed by atoms with Crippen molar-refractivity contribution >= 4 is 26.8 Å². The number of aromatic nitrogens is 2. The monoisotopic (exact) mass is 308 g/mol. The Kier molecular flexibility index (Phi) is 4.53. The Hall–Kier alpha value is -1.16. The first kappa shape index (κ1) is 13.3. The predicted octanol–water partition coefficient (Wildman–Crippen LogP) is 3.74.